The summed E-state index contributed by atoms with van der Waals surface area (Å²) in [5.41, 5.74) is 6.42. The summed E-state index contributed by atoms with van der Waals surface area (Å²) in [6.07, 6.45) is 0. The van der Waals surface area contributed by atoms with E-state index in [1.54, 1.807) is 0 Å². The van der Waals surface area contributed by atoms with E-state index in [1.165, 1.54) is 22.1 Å². The fraction of sp³-hybridized carbons (Fsp3) is 0.312. The zero-order valence-electron chi connectivity index (χ0n) is 21.4. The van der Waals surface area contributed by atoms with Gasteiger partial charge in [-0.1, -0.05) is 120 Å². The Balaban J connectivity index is 1.66. The van der Waals surface area contributed by atoms with Gasteiger partial charge in [0.15, 0.2) is 5.75 Å². The van der Waals surface area contributed by atoms with Crippen molar-refractivity contribution >= 4 is 16.5 Å². The zero-order valence-corrected chi connectivity index (χ0v) is 21.4. The van der Waals surface area contributed by atoms with E-state index in [0.717, 1.165) is 28.9 Å². The molecule has 4 aromatic rings. The summed E-state index contributed by atoms with van der Waals surface area (Å²) in [7, 11) is 0. The fourth-order valence-corrected chi connectivity index (χ4v) is 4.12. The Kier molecular flexibility index (Phi) is 6.70. The van der Waals surface area contributed by atoms with Crippen LogP contribution in [-0.4, -0.2) is 0 Å². The molecule has 2 heteroatoms. The van der Waals surface area contributed by atoms with Gasteiger partial charge >= 0.3 is 0 Å². The fourth-order valence-electron chi connectivity index (χ4n) is 4.12. The van der Waals surface area contributed by atoms with Gasteiger partial charge in [0.05, 0.1) is 5.69 Å². The molecular weight excluding hydrogens is 414 g/mol. The third-order valence-corrected chi connectivity index (χ3v) is 6.31. The standard InChI is InChI=1S/C32H37NO/c1-31(2,3)26-18-24(19-27(20-26)32(4,5)6)21-33-29-17-16-25-14-10-11-15-28(25)30(29)34-22-23-12-8-7-9-13-23/h7-20,33H,21-22H2,1-6H3. The number of benzene rings is 4. The first-order valence-electron chi connectivity index (χ1n) is 12.2. The van der Waals surface area contributed by atoms with Crippen LogP contribution in [0.25, 0.3) is 10.8 Å². The van der Waals surface area contributed by atoms with E-state index in [2.05, 4.69) is 126 Å². The highest BCUT2D eigenvalue weighted by Crippen LogP contribution is 2.36. The predicted molar refractivity (Wildman–Crippen MR) is 146 cm³/mol. The van der Waals surface area contributed by atoms with Crippen molar-refractivity contribution in [3.8, 4) is 5.75 Å². The van der Waals surface area contributed by atoms with Crippen LogP contribution in [-0.2, 0) is 24.0 Å². The highest BCUT2D eigenvalue weighted by Gasteiger charge is 2.20. The molecule has 0 heterocycles. The summed E-state index contributed by atoms with van der Waals surface area (Å²) in [6.45, 7) is 15.0. The minimum Gasteiger partial charge on any atom is -0.486 e. The van der Waals surface area contributed by atoms with Gasteiger partial charge in [-0.25, -0.2) is 0 Å². The number of hydrogen-bond donors (Lipinski definition) is 1. The molecular formula is C32H37NO. The van der Waals surface area contributed by atoms with E-state index in [4.69, 9.17) is 4.74 Å². The van der Waals surface area contributed by atoms with Crippen LogP contribution in [0.2, 0.25) is 0 Å². The summed E-state index contributed by atoms with van der Waals surface area (Å²) >= 11 is 0. The Labute approximate surface area is 205 Å². The van der Waals surface area contributed by atoms with E-state index in [1.807, 2.05) is 6.07 Å². The van der Waals surface area contributed by atoms with E-state index in [-0.39, 0.29) is 10.8 Å². The second-order valence-electron chi connectivity index (χ2n) is 11.2. The average Bonchev–Trinajstić information content (AvgIpc) is 2.81. The molecule has 1 N–H and O–H groups in total. The zero-order chi connectivity index (χ0) is 24.3. The number of anilines is 1. The first kappa shape index (κ1) is 23.9. The van der Waals surface area contributed by atoms with Gasteiger partial charge in [0.2, 0.25) is 0 Å². The molecule has 0 saturated heterocycles. The van der Waals surface area contributed by atoms with Gasteiger partial charge in [-0.2, -0.15) is 0 Å². The highest BCUT2D eigenvalue weighted by molar-refractivity contribution is 5.93. The van der Waals surface area contributed by atoms with Crippen molar-refractivity contribution in [1.82, 2.24) is 0 Å². The van der Waals surface area contributed by atoms with Gasteiger partial charge in [0.1, 0.15) is 6.61 Å². The lowest BCUT2D eigenvalue weighted by Crippen LogP contribution is -2.17. The maximum atomic E-state index is 6.42. The van der Waals surface area contributed by atoms with E-state index < -0.39 is 0 Å². The second kappa shape index (κ2) is 9.54. The molecule has 0 aliphatic rings. The summed E-state index contributed by atoms with van der Waals surface area (Å²) in [4.78, 5) is 0. The van der Waals surface area contributed by atoms with Gasteiger partial charge < -0.3 is 10.1 Å². The minimum atomic E-state index is 0.100. The van der Waals surface area contributed by atoms with Crippen molar-refractivity contribution < 1.29 is 4.74 Å². The Morgan fingerprint density at radius 3 is 1.91 bits per heavy atom. The lowest BCUT2D eigenvalue weighted by Gasteiger charge is -2.26. The number of hydrogen-bond acceptors (Lipinski definition) is 2. The average molecular weight is 452 g/mol. The van der Waals surface area contributed by atoms with Crippen molar-refractivity contribution in [2.75, 3.05) is 5.32 Å². The van der Waals surface area contributed by atoms with Gasteiger partial charge in [-0.05, 0) is 44.5 Å². The number of rotatable bonds is 6. The molecule has 4 rings (SSSR count). The molecule has 0 bridgehead atoms. The van der Waals surface area contributed by atoms with Gasteiger partial charge in [0.25, 0.3) is 0 Å². The van der Waals surface area contributed by atoms with Gasteiger partial charge in [-0.3, -0.25) is 0 Å². The molecule has 4 aromatic carbocycles. The molecule has 0 aliphatic carbocycles. The smallest absolute Gasteiger partial charge is 0.150 e. The molecule has 2 nitrogen and oxygen atoms in total. The topological polar surface area (TPSA) is 21.3 Å². The third-order valence-electron chi connectivity index (χ3n) is 6.31. The maximum Gasteiger partial charge on any atom is 0.150 e. The lowest BCUT2D eigenvalue weighted by atomic mass is 9.79. The Morgan fingerprint density at radius 1 is 0.647 bits per heavy atom. The summed E-state index contributed by atoms with van der Waals surface area (Å²) < 4.78 is 6.42. The van der Waals surface area contributed by atoms with Crippen LogP contribution in [0.4, 0.5) is 5.69 Å². The van der Waals surface area contributed by atoms with Gasteiger partial charge in [0, 0.05) is 11.9 Å². The molecule has 0 unspecified atom stereocenters. The third kappa shape index (κ3) is 5.62. The SMILES string of the molecule is CC(C)(C)c1cc(CNc2ccc3ccccc3c2OCc2ccccc2)cc(C(C)(C)C)c1. The Hall–Kier alpha value is -3.26. The molecule has 0 amide bonds. The normalized spacial score (nSPS) is 12.1. The Morgan fingerprint density at radius 2 is 1.26 bits per heavy atom. The minimum absolute atomic E-state index is 0.100. The van der Waals surface area contributed by atoms with E-state index in [9.17, 15) is 0 Å². The van der Waals surface area contributed by atoms with Crippen LogP contribution in [0.5, 0.6) is 5.75 Å². The lowest BCUT2D eigenvalue weighted by molar-refractivity contribution is 0.311. The van der Waals surface area contributed by atoms with Crippen molar-refractivity contribution in [2.45, 2.75) is 65.5 Å². The molecule has 0 aliphatic heterocycles. The quantitative estimate of drug-likeness (QED) is 0.317. The number of ether oxygens (including phenoxy) is 1. The number of nitrogens with one attached hydrogen (secondary N) is 1. The summed E-state index contributed by atoms with van der Waals surface area (Å²) in [5, 5.41) is 6.00. The summed E-state index contributed by atoms with van der Waals surface area (Å²) in [5.74, 6) is 0.907. The van der Waals surface area contributed by atoms with Crippen LogP contribution >= 0.6 is 0 Å². The Bertz CT molecular complexity index is 1230. The van der Waals surface area contributed by atoms with Crippen LogP contribution in [0.3, 0.4) is 0 Å². The van der Waals surface area contributed by atoms with Crippen LogP contribution in [0.1, 0.15) is 63.8 Å². The predicted octanol–water partition coefficient (Wildman–Crippen LogP) is 8.63. The van der Waals surface area contributed by atoms with Crippen LogP contribution < -0.4 is 10.1 Å². The number of fused-ring (bicyclic) bond motifs is 1. The molecule has 0 radical (unpaired) electrons. The summed E-state index contributed by atoms with van der Waals surface area (Å²) in [6, 6.07) is 30.1. The monoisotopic (exact) mass is 451 g/mol. The molecule has 34 heavy (non-hydrogen) atoms. The molecule has 0 spiro atoms. The maximum absolute atomic E-state index is 6.42. The van der Waals surface area contributed by atoms with Crippen molar-refractivity contribution in [3.05, 3.63) is 107 Å². The van der Waals surface area contributed by atoms with Crippen LogP contribution in [0, 0.1) is 0 Å². The first-order valence-corrected chi connectivity index (χ1v) is 12.2. The highest BCUT2D eigenvalue weighted by atomic mass is 16.5. The van der Waals surface area contributed by atoms with Crippen LogP contribution in [0.15, 0.2) is 84.9 Å². The molecule has 0 fully saturated rings. The molecule has 0 aromatic heterocycles. The largest absolute Gasteiger partial charge is 0.486 e. The van der Waals surface area contributed by atoms with Gasteiger partial charge in [-0.15, -0.1) is 0 Å². The van der Waals surface area contributed by atoms with E-state index in [0.29, 0.717) is 6.61 Å². The van der Waals surface area contributed by atoms with Crippen molar-refractivity contribution in [1.29, 1.82) is 0 Å². The molecule has 176 valence electrons. The van der Waals surface area contributed by atoms with E-state index >= 15 is 0 Å². The van der Waals surface area contributed by atoms with Crippen molar-refractivity contribution in [2.24, 2.45) is 0 Å². The first-order chi connectivity index (χ1) is 16.1. The second-order valence-corrected chi connectivity index (χ2v) is 11.2. The molecule has 0 saturated carbocycles. The molecule has 0 atom stereocenters. The van der Waals surface area contributed by atoms with Crippen molar-refractivity contribution in [3.63, 3.8) is 0 Å².